The summed E-state index contributed by atoms with van der Waals surface area (Å²) >= 11 is 0. The van der Waals surface area contributed by atoms with E-state index in [1.54, 1.807) is 20.8 Å². The number of hydrogen-bond donors (Lipinski definition) is 2. The zero-order chi connectivity index (χ0) is 18.9. The van der Waals surface area contributed by atoms with E-state index in [0.717, 1.165) is 19.3 Å². The van der Waals surface area contributed by atoms with Crippen molar-refractivity contribution in [2.75, 3.05) is 19.6 Å². The van der Waals surface area contributed by atoms with Gasteiger partial charge in [-0.3, -0.25) is 0 Å². The number of sulfonamides is 2. The second-order valence-electron chi connectivity index (χ2n) is 7.09. The van der Waals surface area contributed by atoms with Crippen molar-refractivity contribution in [3.8, 4) is 0 Å². The van der Waals surface area contributed by atoms with Gasteiger partial charge in [0.1, 0.15) is 0 Å². The van der Waals surface area contributed by atoms with Crippen LogP contribution in [0.4, 0.5) is 0 Å². The van der Waals surface area contributed by atoms with Gasteiger partial charge in [-0.05, 0) is 51.3 Å². The van der Waals surface area contributed by atoms with E-state index in [-0.39, 0.29) is 16.3 Å². The number of nitrogens with one attached hydrogen (secondary N) is 1. The van der Waals surface area contributed by atoms with E-state index in [2.05, 4.69) is 4.72 Å². The van der Waals surface area contributed by atoms with Gasteiger partial charge >= 0.3 is 0 Å². The minimum absolute atomic E-state index is 0.00549. The first-order chi connectivity index (χ1) is 11.5. The average Bonchev–Trinajstić information content (AvgIpc) is 2.54. The van der Waals surface area contributed by atoms with Crippen molar-refractivity contribution in [2.45, 2.75) is 55.4 Å². The van der Waals surface area contributed by atoms with Crippen molar-refractivity contribution < 1.29 is 16.8 Å². The molecule has 1 saturated heterocycles. The van der Waals surface area contributed by atoms with Gasteiger partial charge in [-0.1, -0.05) is 12.5 Å². The van der Waals surface area contributed by atoms with Gasteiger partial charge in [0, 0.05) is 25.2 Å². The van der Waals surface area contributed by atoms with Crippen LogP contribution < -0.4 is 10.5 Å². The Hall–Kier alpha value is -1.00. The molecule has 25 heavy (non-hydrogen) atoms. The molecular formula is C16H27N3O4S2. The molecular weight excluding hydrogens is 362 g/mol. The standard InChI is InChI=1S/C16H27N3O4S2/c1-13-7-8-14(25(22,23)19-9-5-4-6-10-19)11-15(13)24(20,21)18-16(2,3)12-17/h7-8,11,18H,4-6,9-10,12,17H2,1-3H3. The molecule has 0 saturated carbocycles. The van der Waals surface area contributed by atoms with E-state index in [4.69, 9.17) is 5.73 Å². The normalized spacial score (nSPS) is 17.6. The molecule has 1 aromatic rings. The minimum Gasteiger partial charge on any atom is -0.329 e. The van der Waals surface area contributed by atoms with E-state index in [1.165, 1.54) is 22.5 Å². The van der Waals surface area contributed by atoms with Crippen LogP contribution in [0.1, 0.15) is 38.7 Å². The predicted molar refractivity (Wildman–Crippen MR) is 97.2 cm³/mol. The van der Waals surface area contributed by atoms with Crippen LogP contribution in [0, 0.1) is 6.92 Å². The number of rotatable bonds is 6. The van der Waals surface area contributed by atoms with Gasteiger partial charge in [-0.15, -0.1) is 0 Å². The highest BCUT2D eigenvalue weighted by Crippen LogP contribution is 2.25. The SMILES string of the molecule is Cc1ccc(S(=O)(=O)N2CCCCC2)cc1S(=O)(=O)NC(C)(C)CN. The van der Waals surface area contributed by atoms with Gasteiger partial charge in [0.25, 0.3) is 0 Å². The second kappa shape index (κ2) is 7.32. The molecule has 0 atom stereocenters. The van der Waals surface area contributed by atoms with E-state index >= 15 is 0 Å². The lowest BCUT2D eigenvalue weighted by molar-refractivity contribution is 0.346. The third-order valence-electron chi connectivity index (χ3n) is 4.32. The summed E-state index contributed by atoms with van der Waals surface area (Å²) in [5, 5.41) is 0. The van der Waals surface area contributed by atoms with Crippen LogP contribution in [0.3, 0.4) is 0 Å². The molecule has 9 heteroatoms. The topological polar surface area (TPSA) is 110 Å². The maximum Gasteiger partial charge on any atom is 0.243 e. The van der Waals surface area contributed by atoms with Crippen LogP contribution in [0.2, 0.25) is 0 Å². The zero-order valence-electron chi connectivity index (χ0n) is 14.9. The molecule has 0 aromatic heterocycles. The van der Waals surface area contributed by atoms with Crippen LogP contribution in [-0.4, -0.2) is 46.3 Å². The Kier molecular flexibility index (Phi) is 5.95. The Bertz CT molecular complexity index is 827. The quantitative estimate of drug-likeness (QED) is 0.759. The highest BCUT2D eigenvalue weighted by Gasteiger charge is 2.30. The smallest absolute Gasteiger partial charge is 0.243 e. The zero-order valence-corrected chi connectivity index (χ0v) is 16.6. The van der Waals surface area contributed by atoms with Gasteiger partial charge in [0.2, 0.25) is 20.0 Å². The molecule has 142 valence electrons. The lowest BCUT2D eigenvalue weighted by Crippen LogP contribution is -2.48. The summed E-state index contributed by atoms with van der Waals surface area (Å²) in [4.78, 5) is -0.0296. The molecule has 2 rings (SSSR count). The molecule has 0 radical (unpaired) electrons. The Morgan fingerprint density at radius 2 is 1.72 bits per heavy atom. The number of nitrogens with two attached hydrogens (primary N) is 1. The molecule has 0 bridgehead atoms. The third-order valence-corrected chi connectivity index (χ3v) is 8.06. The fourth-order valence-electron chi connectivity index (χ4n) is 2.75. The number of hydrogen-bond acceptors (Lipinski definition) is 5. The molecule has 1 fully saturated rings. The van der Waals surface area contributed by atoms with Crippen molar-refractivity contribution in [2.24, 2.45) is 5.73 Å². The van der Waals surface area contributed by atoms with Crippen LogP contribution in [0.5, 0.6) is 0 Å². The van der Waals surface area contributed by atoms with E-state index in [0.29, 0.717) is 18.7 Å². The van der Waals surface area contributed by atoms with Crippen LogP contribution in [-0.2, 0) is 20.0 Å². The van der Waals surface area contributed by atoms with Gasteiger partial charge < -0.3 is 5.73 Å². The Morgan fingerprint density at radius 3 is 2.28 bits per heavy atom. The summed E-state index contributed by atoms with van der Waals surface area (Å²) in [6.07, 6.45) is 2.66. The average molecular weight is 390 g/mol. The molecule has 0 amide bonds. The van der Waals surface area contributed by atoms with E-state index < -0.39 is 25.6 Å². The lowest BCUT2D eigenvalue weighted by Gasteiger charge is -2.27. The number of piperidine rings is 1. The second-order valence-corrected chi connectivity index (χ2v) is 10.7. The van der Waals surface area contributed by atoms with Crippen LogP contribution >= 0.6 is 0 Å². The fraction of sp³-hybridized carbons (Fsp3) is 0.625. The minimum atomic E-state index is -3.89. The van der Waals surface area contributed by atoms with Crippen LogP contribution in [0.25, 0.3) is 0 Å². The summed E-state index contributed by atoms with van der Waals surface area (Å²) in [5.74, 6) is 0. The van der Waals surface area contributed by atoms with Gasteiger partial charge in [-0.2, -0.15) is 4.31 Å². The molecule has 0 spiro atoms. The molecule has 3 N–H and O–H groups in total. The summed E-state index contributed by atoms with van der Waals surface area (Å²) in [6, 6.07) is 4.24. The van der Waals surface area contributed by atoms with Crippen molar-refractivity contribution >= 4 is 20.0 Å². The van der Waals surface area contributed by atoms with Gasteiger partial charge in [0.05, 0.1) is 9.79 Å². The maximum atomic E-state index is 12.8. The predicted octanol–water partition coefficient (Wildman–Crippen LogP) is 1.19. The molecule has 0 unspecified atom stereocenters. The Balaban J connectivity index is 2.44. The molecule has 1 aromatic carbocycles. The van der Waals surface area contributed by atoms with Crippen molar-refractivity contribution in [1.29, 1.82) is 0 Å². The molecule has 0 aliphatic carbocycles. The first kappa shape index (κ1) is 20.3. The number of aryl methyl sites for hydroxylation is 1. The highest BCUT2D eigenvalue weighted by atomic mass is 32.2. The van der Waals surface area contributed by atoms with Crippen molar-refractivity contribution in [3.05, 3.63) is 23.8 Å². The van der Waals surface area contributed by atoms with Crippen molar-refractivity contribution in [1.82, 2.24) is 9.03 Å². The largest absolute Gasteiger partial charge is 0.329 e. The maximum absolute atomic E-state index is 12.8. The molecule has 1 heterocycles. The monoisotopic (exact) mass is 389 g/mol. The lowest BCUT2D eigenvalue weighted by atomic mass is 10.1. The number of benzene rings is 1. The fourth-order valence-corrected chi connectivity index (χ4v) is 6.06. The highest BCUT2D eigenvalue weighted by molar-refractivity contribution is 7.90. The summed E-state index contributed by atoms with van der Waals surface area (Å²) < 4.78 is 55.0. The Labute approximate surface area is 150 Å². The molecule has 1 aliphatic rings. The molecule has 7 nitrogen and oxygen atoms in total. The Morgan fingerprint density at radius 1 is 1.12 bits per heavy atom. The third kappa shape index (κ3) is 4.59. The van der Waals surface area contributed by atoms with Crippen molar-refractivity contribution in [3.63, 3.8) is 0 Å². The first-order valence-electron chi connectivity index (χ1n) is 8.34. The van der Waals surface area contributed by atoms with Gasteiger partial charge in [0.15, 0.2) is 0 Å². The summed E-state index contributed by atoms with van der Waals surface area (Å²) in [6.45, 7) is 6.05. The summed E-state index contributed by atoms with van der Waals surface area (Å²) in [5.41, 5.74) is 5.25. The van der Waals surface area contributed by atoms with Gasteiger partial charge in [-0.25, -0.2) is 21.6 Å². The molecule has 1 aliphatic heterocycles. The first-order valence-corrected chi connectivity index (χ1v) is 11.3. The number of nitrogens with zero attached hydrogens (tertiary/aromatic N) is 1. The van der Waals surface area contributed by atoms with E-state index in [1.807, 2.05) is 0 Å². The van der Waals surface area contributed by atoms with E-state index in [9.17, 15) is 16.8 Å². The van der Waals surface area contributed by atoms with Crippen LogP contribution in [0.15, 0.2) is 28.0 Å². The summed E-state index contributed by atoms with van der Waals surface area (Å²) in [7, 11) is -7.58.